The van der Waals surface area contributed by atoms with Crippen LogP contribution in [0.5, 0.6) is 0 Å². The van der Waals surface area contributed by atoms with Crippen LogP contribution in [0.15, 0.2) is 12.3 Å². The number of aryl methyl sites for hydroxylation is 1. The Morgan fingerprint density at radius 2 is 2.21 bits per heavy atom. The summed E-state index contributed by atoms with van der Waals surface area (Å²) in [6, 6.07) is 1.94. The molecule has 0 radical (unpaired) electrons. The Bertz CT molecular complexity index is 485. The molecule has 4 heteroatoms. The van der Waals surface area contributed by atoms with Crippen LogP contribution in [0.25, 0.3) is 0 Å². The molecule has 1 aromatic rings. The number of nitrogens with zero attached hydrogens (tertiary/aromatic N) is 1. The third kappa shape index (κ3) is 3.27. The van der Waals surface area contributed by atoms with Crippen molar-refractivity contribution in [3.63, 3.8) is 0 Å². The molecule has 3 nitrogen and oxygen atoms in total. The van der Waals surface area contributed by atoms with Gasteiger partial charge < -0.3 is 5.32 Å². The van der Waals surface area contributed by atoms with Gasteiger partial charge in [-0.1, -0.05) is 38.3 Å². The highest BCUT2D eigenvalue weighted by atomic mass is 35.5. The largest absolute Gasteiger partial charge is 0.349 e. The number of hydrogen-bond acceptors (Lipinski definition) is 2. The summed E-state index contributed by atoms with van der Waals surface area (Å²) in [6.07, 6.45) is 6.16. The van der Waals surface area contributed by atoms with Crippen molar-refractivity contribution in [1.82, 2.24) is 10.3 Å². The van der Waals surface area contributed by atoms with Gasteiger partial charge in [0.05, 0.1) is 10.6 Å². The van der Waals surface area contributed by atoms with E-state index in [4.69, 9.17) is 11.6 Å². The van der Waals surface area contributed by atoms with Crippen LogP contribution in [0.1, 0.15) is 55.6 Å². The maximum absolute atomic E-state index is 12.3. The molecule has 1 aromatic heterocycles. The van der Waals surface area contributed by atoms with Gasteiger partial charge in [-0.05, 0) is 31.2 Å². The minimum absolute atomic E-state index is 0.113. The molecule has 1 unspecified atom stereocenters. The molecular formula is C15H21ClN2O. The molecule has 0 bridgehead atoms. The van der Waals surface area contributed by atoms with Gasteiger partial charge in [-0.2, -0.15) is 0 Å². The predicted molar refractivity (Wildman–Crippen MR) is 77.5 cm³/mol. The van der Waals surface area contributed by atoms with Gasteiger partial charge in [0.15, 0.2) is 0 Å². The lowest BCUT2D eigenvalue weighted by atomic mass is 9.73. The van der Waals surface area contributed by atoms with Crippen LogP contribution in [-0.4, -0.2) is 16.9 Å². The van der Waals surface area contributed by atoms with Crippen LogP contribution in [0, 0.1) is 12.3 Å². The van der Waals surface area contributed by atoms with E-state index in [0.29, 0.717) is 10.6 Å². The van der Waals surface area contributed by atoms with Crippen LogP contribution >= 0.6 is 11.6 Å². The molecule has 104 valence electrons. The fourth-order valence-corrected chi connectivity index (χ4v) is 2.98. The van der Waals surface area contributed by atoms with Crippen molar-refractivity contribution in [2.45, 2.75) is 52.5 Å². The minimum atomic E-state index is -0.113. The summed E-state index contributed by atoms with van der Waals surface area (Å²) in [7, 11) is 0. The van der Waals surface area contributed by atoms with Crippen molar-refractivity contribution < 1.29 is 4.79 Å². The SMILES string of the molecule is Cc1cc(Cl)c(C(=O)NC2CCCCC2(C)C)cn1. The Labute approximate surface area is 119 Å². The lowest BCUT2D eigenvalue weighted by Crippen LogP contribution is -2.46. The molecule has 19 heavy (non-hydrogen) atoms. The first kappa shape index (κ1) is 14.3. The normalized spacial score (nSPS) is 22.0. The number of hydrogen-bond donors (Lipinski definition) is 1. The second kappa shape index (κ2) is 5.49. The fourth-order valence-electron chi connectivity index (χ4n) is 2.69. The average Bonchev–Trinajstić information content (AvgIpc) is 2.31. The number of nitrogens with one attached hydrogen (secondary N) is 1. The third-order valence-electron chi connectivity index (χ3n) is 4.05. The first-order chi connectivity index (χ1) is 8.90. The number of amides is 1. The zero-order chi connectivity index (χ0) is 14.0. The molecule has 0 aromatic carbocycles. The van der Waals surface area contributed by atoms with E-state index >= 15 is 0 Å². The summed E-state index contributed by atoms with van der Waals surface area (Å²) < 4.78 is 0. The Kier molecular flexibility index (Phi) is 4.14. The van der Waals surface area contributed by atoms with E-state index < -0.39 is 0 Å². The van der Waals surface area contributed by atoms with Crippen LogP contribution < -0.4 is 5.32 Å². The number of rotatable bonds is 2. The molecule has 1 N–H and O–H groups in total. The van der Waals surface area contributed by atoms with Gasteiger partial charge in [-0.25, -0.2) is 0 Å². The first-order valence-electron chi connectivity index (χ1n) is 6.83. The topological polar surface area (TPSA) is 42.0 Å². The summed E-state index contributed by atoms with van der Waals surface area (Å²) in [4.78, 5) is 16.4. The predicted octanol–water partition coefficient (Wildman–Crippen LogP) is 3.74. The standard InChI is InChI=1S/C15H21ClN2O/c1-10-8-12(16)11(9-17-10)14(19)18-13-6-4-5-7-15(13,2)3/h8-9,13H,4-7H2,1-3H3,(H,18,19). The zero-order valence-electron chi connectivity index (χ0n) is 11.8. The van der Waals surface area contributed by atoms with E-state index in [-0.39, 0.29) is 17.4 Å². The molecule has 1 amide bonds. The molecule has 0 spiro atoms. The van der Waals surface area contributed by atoms with E-state index in [1.54, 1.807) is 12.3 Å². The van der Waals surface area contributed by atoms with Crippen molar-refractivity contribution in [1.29, 1.82) is 0 Å². The van der Waals surface area contributed by atoms with Gasteiger partial charge >= 0.3 is 0 Å². The summed E-state index contributed by atoms with van der Waals surface area (Å²) in [5, 5.41) is 3.59. The van der Waals surface area contributed by atoms with Crippen molar-refractivity contribution in [2.75, 3.05) is 0 Å². The van der Waals surface area contributed by atoms with Crippen molar-refractivity contribution in [3.05, 3.63) is 28.5 Å². The third-order valence-corrected chi connectivity index (χ3v) is 4.36. The van der Waals surface area contributed by atoms with Gasteiger partial charge in [-0.3, -0.25) is 9.78 Å². The Hall–Kier alpha value is -1.09. The van der Waals surface area contributed by atoms with Crippen molar-refractivity contribution >= 4 is 17.5 Å². The number of halogens is 1. The molecule has 1 aliphatic rings. The van der Waals surface area contributed by atoms with Crippen LogP contribution in [0.4, 0.5) is 0 Å². The fraction of sp³-hybridized carbons (Fsp3) is 0.600. The molecular weight excluding hydrogens is 260 g/mol. The molecule has 0 saturated heterocycles. The monoisotopic (exact) mass is 280 g/mol. The average molecular weight is 281 g/mol. The van der Waals surface area contributed by atoms with Crippen LogP contribution in [0.3, 0.4) is 0 Å². The van der Waals surface area contributed by atoms with E-state index in [1.807, 2.05) is 6.92 Å². The van der Waals surface area contributed by atoms with Gasteiger partial charge in [-0.15, -0.1) is 0 Å². The van der Waals surface area contributed by atoms with Gasteiger partial charge in [0, 0.05) is 17.9 Å². The Morgan fingerprint density at radius 3 is 2.84 bits per heavy atom. The number of aromatic nitrogens is 1. The van der Waals surface area contributed by atoms with E-state index in [1.165, 1.54) is 12.8 Å². The second-order valence-corrected chi connectivity index (χ2v) is 6.47. The lowest BCUT2D eigenvalue weighted by Gasteiger charge is -2.39. The highest BCUT2D eigenvalue weighted by Crippen LogP contribution is 2.35. The molecule has 1 atom stereocenters. The van der Waals surface area contributed by atoms with Crippen LogP contribution in [0.2, 0.25) is 5.02 Å². The molecule has 2 rings (SSSR count). The summed E-state index contributed by atoms with van der Waals surface area (Å²) >= 11 is 6.11. The van der Waals surface area contributed by atoms with Crippen LogP contribution in [-0.2, 0) is 0 Å². The smallest absolute Gasteiger partial charge is 0.254 e. The molecule has 1 aliphatic carbocycles. The van der Waals surface area contributed by atoms with Gasteiger partial charge in [0.25, 0.3) is 5.91 Å². The maximum atomic E-state index is 12.3. The highest BCUT2D eigenvalue weighted by molar-refractivity contribution is 6.33. The maximum Gasteiger partial charge on any atom is 0.254 e. The van der Waals surface area contributed by atoms with Crippen molar-refractivity contribution in [3.8, 4) is 0 Å². The van der Waals surface area contributed by atoms with E-state index in [0.717, 1.165) is 18.5 Å². The van der Waals surface area contributed by atoms with Gasteiger partial charge in [0.1, 0.15) is 0 Å². The van der Waals surface area contributed by atoms with Gasteiger partial charge in [0.2, 0.25) is 0 Å². The van der Waals surface area contributed by atoms with E-state index in [2.05, 4.69) is 24.1 Å². The molecule has 1 heterocycles. The number of carbonyl (C=O) groups is 1. The Balaban J connectivity index is 2.12. The first-order valence-corrected chi connectivity index (χ1v) is 7.21. The highest BCUT2D eigenvalue weighted by Gasteiger charge is 2.33. The summed E-state index contributed by atoms with van der Waals surface area (Å²) in [6.45, 7) is 6.29. The Morgan fingerprint density at radius 1 is 1.47 bits per heavy atom. The minimum Gasteiger partial charge on any atom is -0.349 e. The summed E-state index contributed by atoms with van der Waals surface area (Å²) in [5.74, 6) is -0.113. The number of pyridine rings is 1. The molecule has 1 saturated carbocycles. The molecule has 1 fully saturated rings. The molecule has 0 aliphatic heterocycles. The zero-order valence-corrected chi connectivity index (χ0v) is 12.5. The van der Waals surface area contributed by atoms with Crippen molar-refractivity contribution in [2.24, 2.45) is 5.41 Å². The summed E-state index contributed by atoms with van der Waals surface area (Å²) in [5.41, 5.74) is 1.44. The number of carbonyl (C=O) groups excluding carboxylic acids is 1. The quantitative estimate of drug-likeness (QED) is 0.897. The van der Waals surface area contributed by atoms with E-state index in [9.17, 15) is 4.79 Å². The lowest BCUT2D eigenvalue weighted by molar-refractivity contribution is 0.0853. The second-order valence-electron chi connectivity index (χ2n) is 6.07.